The van der Waals surface area contributed by atoms with Gasteiger partial charge in [0.2, 0.25) is 27.7 Å². The molecule has 2 amide bonds. The number of amides is 2. The van der Waals surface area contributed by atoms with Crippen molar-refractivity contribution in [2.75, 3.05) is 114 Å². The van der Waals surface area contributed by atoms with Crippen LogP contribution in [0.4, 0.5) is 27.4 Å². The third kappa shape index (κ3) is 14.4. The zero-order valence-corrected chi connectivity index (χ0v) is 43.9. The Bertz CT molecular complexity index is 2830. The summed E-state index contributed by atoms with van der Waals surface area (Å²) in [5.41, 5.74) is 1.58. The molecule has 3 fully saturated rings. The van der Waals surface area contributed by atoms with Crippen molar-refractivity contribution < 1.29 is 37.0 Å². The molecular weight excluding hydrogens is 959 g/mol. The van der Waals surface area contributed by atoms with Crippen LogP contribution in [0.25, 0.3) is 17.1 Å². The number of nitrogens with zero attached hydrogens (tertiary/aromatic N) is 14. The second kappa shape index (κ2) is 23.4. The summed E-state index contributed by atoms with van der Waals surface area (Å²) in [6.07, 6.45) is 0.454. The van der Waals surface area contributed by atoms with Gasteiger partial charge < -0.3 is 48.8 Å². The van der Waals surface area contributed by atoms with Crippen LogP contribution >= 0.6 is 0 Å². The Hall–Kier alpha value is -7.47. The van der Waals surface area contributed by atoms with Gasteiger partial charge in [0.25, 0.3) is 5.16 Å². The number of carbonyl (C=O) groups excluding carboxylic acids is 2. The van der Waals surface area contributed by atoms with Crippen molar-refractivity contribution in [3.63, 3.8) is 0 Å². The van der Waals surface area contributed by atoms with E-state index in [0.29, 0.717) is 76.3 Å². The third-order valence-corrected chi connectivity index (χ3v) is 12.1. The third-order valence-electron chi connectivity index (χ3n) is 11.2. The SMILES string of the molecule is CC(C)(C)OC(=O)N1CCN(c2nc(S(C)(=O)=O)nn2-c2ccccc2)CC1.COc1nc(N2CCN(C(=O)OC(C)(C)C)CC2)n(-c2ccccc2)n1.COc1nc(N2CCNCC2)n(-c2ccccc2)n1. The number of carbonyl (C=O) groups is 2. The van der Waals surface area contributed by atoms with Gasteiger partial charge in [0.05, 0.1) is 31.3 Å². The lowest BCUT2D eigenvalue weighted by Gasteiger charge is -2.35. The molecule has 6 heterocycles. The van der Waals surface area contributed by atoms with Gasteiger partial charge in [0.1, 0.15) is 11.2 Å². The average Bonchev–Trinajstić information content (AvgIpc) is 4.15. The number of rotatable bonds is 9. The van der Waals surface area contributed by atoms with Crippen LogP contribution in [-0.2, 0) is 19.3 Å². The fourth-order valence-corrected chi connectivity index (χ4v) is 8.20. The van der Waals surface area contributed by atoms with E-state index in [2.05, 4.69) is 45.4 Å². The predicted molar refractivity (Wildman–Crippen MR) is 275 cm³/mol. The van der Waals surface area contributed by atoms with Crippen LogP contribution in [0.1, 0.15) is 41.5 Å². The number of methoxy groups -OCH3 is 2. The van der Waals surface area contributed by atoms with Crippen LogP contribution in [0.3, 0.4) is 0 Å². The Morgan fingerprint density at radius 3 is 1.15 bits per heavy atom. The Kier molecular flexibility index (Phi) is 17.1. The van der Waals surface area contributed by atoms with Crippen molar-refractivity contribution in [2.24, 2.45) is 0 Å². The highest BCUT2D eigenvalue weighted by molar-refractivity contribution is 7.90. The molecule has 3 aromatic heterocycles. The Balaban J connectivity index is 0.000000163. The van der Waals surface area contributed by atoms with Crippen molar-refractivity contribution >= 4 is 39.9 Å². The standard InChI is InChI=1S/C18H25N5O4S.C18H25N5O3.C13H17N5O/c1-18(2,3)27-17(24)22-12-10-21(11-13-22)16-19-15(28(4,25)26)20-23(16)14-8-6-5-7-9-14;1-18(2,3)26-17(24)22-12-10-21(11-13-22)16-19-15(25-4)20-23(16)14-8-6-5-7-9-14;1-19-12-15-13(17-9-7-14-8-10-17)18(16-12)11-5-3-2-4-6-11/h5-9H,10-13H2,1-4H3;5-9H,10-13H2,1-4H3;2-6,14H,7-10H2,1H3. The Morgan fingerprint density at radius 2 is 0.822 bits per heavy atom. The molecule has 0 spiro atoms. The summed E-state index contributed by atoms with van der Waals surface area (Å²) in [6, 6.07) is 29.7. The average molecular weight is 1030 g/mol. The minimum Gasteiger partial charge on any atom is -0.466 e. The smallest absolute Gasteiger partial charge is 0.410 e. The molecule has 0 atom stereocenters. The zero-order chi connectivity index (χ0) is 52.3. The molecule has 3 saturated heterocycles. The number of anilines is 3. The van der Waals surface area contributed by atoms with E-state index < -0.39 is 21.0 Å². The first-order chi connectivity index (χ1) is 34.8. The van der Waals surface area contributed by atoms with E-state index in [0.717, 1.165) is 55.4 Å². The molecule has 3 aliphatic rings. The quantitative estimate of drug-likeness (QED) is 0.206. The molecule has 0 aliphatic carbocycles. The minimum atomic E-state index is -3.55. The molecule has 6 aromatic rings. The number of aromatic nitrogens is 9. The van der Waals surface area contributed by atoms with E-state index in [1.165, 1.54) is 4.68 Å². The first-order valence-electron chi connectivity index (χ1n) is 24.1. The highest BCUT2D eigenvalue weighted by atomic mass is 32.2. The number of hydrogen-bond acceptors (Lipinski definition) is 18. The van der Waals surface area contributed by atoms with Crippen molar-refractivity contribution in [2.45, 2.75) is 57.9 Å². The fraction of sp³-hybridized carbons (Fsp3) is 0.469. The second-order valence-electron chi connectivity index (χ2n) is 19.2. The molecule has 3 aromatic carbocycles. The molecule has 1 N–H and O–H groups in total. The van der Waals surface area contributed by atoms with E-state index in [9.17, 15) is 18.0 Å². The van der Waals surface area contributed by atoms with Crippen LogP contribution in [0.5, 0.6) is 12.0 Å². The van der Waals surface area contributed by atoms with Gasteiger partial charge >= 0.3 is 24.2 Å². The van der Waals surface area contributed by atoms with E-state index in [1.54, 1.807) is 28.7 Å². The molecule has 0 unspecified atom stereocenters. The van der Waals surface area contributed by atoms with Gasteiger partial charge in [-0.2, -0.15) is 29.0 Å². The lowest BCUT2D eigenvalue weighted by atomic mass is 10.2. The van der Waals surface area contributed by atoms with E-state index in [1.807, 2.05) is 142 Å². The monoisotopic (exact) mass is 1030 g/mol. The maximum absolute atomic E-state index is 12.3. The topological polar surface area (TPSA) is 226 Å². The highest BCUT2D eigenvalue weighted by Crippen LogP contribution is 2.25. The van der Waals surface area contributed by atoms with Gasteiger partial charge in [-0.25, -0.2) is 18.0 Å². The molecule has 23 nitrogen and oxygen atoms in total. The lowest BCUT2D eigenvalue weighted by molar-refractivity contribution is 0.0229. The van der Waals surface area contributed by atoms with Crippen LogP contribution in [0.2, 0.25) is 0 Å². The van der Waals surface area contributed by atoms with Crippen LogP contribution in [0, 0.1) is 0 Å². The van der Waals surface area contributed by atoms with Gasteiger partial charge in [-0.05, 0) is 77.9 Å². The summed E-state index contributed by atoms with van der Waals surface area (Å²) in [6.45, 7) is 19.2. The van der Waals surface area contributed by atoms with Crippen molar-refractivity contribution in [1.82, 2.24) is 59.4 Å². The predicted octanol–water partition coefficient (Wildman–Crippen LogP) is 4.75. The van der Waals surface area contributed by atoms with Gasteiger partial charge in [-0.3, -0.25) is 0 Å². The Labute approximate surface area is 426 Å². The normalized spacial score (nSPS) is 15.4. The van der Waals surface area contributed by atoms with E-state index in [4.69, 9.17) is 18.9 Å². The summed E-state index contributed by atoms with van der Waals surface area (Å²) in [4.78, 5) is 47.3. The molecule has 392 valence electrons. The van der Waals surface area contributed by atoms with Crippen LogP contribution in [0.15, 0.2) is 96.2 Å². The summed E-state index contributed by atoms with van der Waals surface area (Å²) in [5.74, 6) is 1.98. The number of hydrogen-bond donors (Lipinski definition) is 1. The fourth-order valence-electron chi connectivity index (χ4n) is 7.72. The van der Waals surface area contributed by atoms with Gasteiger partial charge in [-0.1, -0.05) is 54.6 Å². The van der Waals surface area contributed by atoms with Crippen LogP contribution < -0.4 is 29.5 Å². The van der Waals surface area contributed by atoms with E-state index >= 15 is 0 Å². The summed E-state index contributed by atoms with van der Waals surface area (Å²) in [7, 11) is -0.410. The number of para-hydroxylation sites is 3. The Morgan fingerprint density at radius 1 is 0.493 bits per heavy atom. The zero-order valence-electron chi connectivity index (χ0n) is 43.1. The summed E-state index contributed by atoms with van der Waals surface area (Å²) in [5, 5.41) is 16.1. The highest BCUT2D eigenvalue weighted by Gasteiger charge is 2.31. The van der Waals surface area contributed by atoms with Crippen LogP contribution in [-0.4, -0.2) is 185 Å². The number of sulfone groups is 1. The van der Waals surface area contributed by atoms with Gasteiger partial charge in [0.15, 0.2) is 0 Å². The lowest BCUT2D eigenvalue weighted by Crippen LogP contribution is -2.50. The van der Waals surface area contributed by atoms with Crippen molar-refractivity contribution in [3.05, 3.63) is 91.0 Å². The molecule has 73 heavy (non-hydrogen) atoms. The largest absolute Gasteiger partial charge is 0.466 e. The molecule has 9 rings (SSSR count). The number of nitrogens with one attached hydrogen (secondary N) is 1. The summed E-state index contributed by atoms with van der Waals surface area (Å²) < 4.78 is 50.3. The van der Waals surface area contributed by atoms with Crippen molar-refractivity contribution in [1.29, 1.82) is 0 Å². The summed E-state index contributed by atoms with van der Waals surface area (Å²) >= 11 is 0. The first-order valence-corrected chi connectivity index (χ1v) is 26.0. The molecule has 0 radical (unpaired) electrons. The van der Waals surface area contributed by atoms with Gasteiger partial charge in [-0.15, -0.1) is 15.3 Å². The minimum absolute atomic E-state index is 0.221. The van der Waals surface area contributed by atoms with Crippen molar-refractivity contribution in [3.8, 4) is 29.1 Å². The molecule has 3 aliphatic heterocycles. The molecule has 0 bridgehead atoms. The number of ether oxygens (including phenoxy) is 4. The molecular formula is C49H67N15O8S. The second-order valence-corrected chi connectivity index (χ2v) is 21.1. The van der Waals surface area contributed by atoms with Gasteiger partial charge in [0, 0.05) is 84.8 Å². The number of piperazine rings is 3. The van der Waals surface area contributed by atoms with E-state index in [-0.39, 0.29) is 17.3 Å². The number of benzene rings is 3. The maximum atomic E-state index is 12.3. The maximum Gasteiger partial charge on any atom is 0.410 e. The molecule has 24 heteroatoms. The molecule has 0 saturated carbocycles. The first kappa shape index (κ1) is 53.3.